The van der Waals surface area contributed by atoms with E-state index in [1.807, 2.05) is 48.2 Å². The average Bonchev–Trinajstić information content (AvgIpc) is 3.25. The van der Waals surface area contributed by atoms with Crippen LogP contribution in [-0.4, -0.2) is 33.4 Å². The maximum atomic E-state index is 14.1. The van der Waals surface area contributed by atoms with E-state index in [-0.39, 0.29) is 17.9 Å². The second-order valence-corrected chi connectivity index (χ2v) is 10.5. The van der Waals surface area contributed by atoms with Gasteiger partial charge in [0.15, 0.2) is 0 Å². The predicted octanol–water partition coefficient (Wildman–Crippen LogP) is 6.97. The zero-order chi connectivity index (χ0) is 25.1. The third-order valence-electron chi connectivity index (χ3n) is 6.71. The van der Waals surface area contributed by atoms with E-state index in [0.29, 0.717) is 23.1 Å². The number of benzene rings is 2. The molecule has 0 aliphatic heterocycles. The first kappa shape index (κ1) is 24.5. The van der Waals surface area contributed by atoms with Gasteiger partial charge < -0.3 is 15.4 Å². The Hall–Kier alpha value is -3.16. The molecule has 6 nitrogen and oxygen atoms in total. The molecule has 2 aromatic carbocycles. The molecule has 1 aliphatic rings. The number of hydrogen-bond acceptors (Lipinski definition) is 6. The highest BCUT2D eigenvalue weighted by Crippen LogP contribution is 2.38. The van der Waals surface area contributed by atoms with Crippen LogP contribution in [0.3, 0.4) is 0 Å². The molecule has 0 spiro atoms. The monoisotopic (exact) mass is 520 g/mol. The molecule has 186 valence electrons. The van der Waals surface area contributed by atoms with E-state index in [9.17, 15) is 4.79 Å². The van der Waals surface area contributed by atoms with Gasteiger partial charge in [0.2, 0.25) is 5.95 Å². The minimum absolute atomic E-state index is 0.0169. The molecular formula is C28H29ClN4O2S. The number of nitrogen functional groups attached to an aromatic ring is 1. The number of carbonyl (C=O) groups is 1. The molecule has 0 radical (unpaired) electrons. The fraction of sp³-hybridized carbons (Fsp3) is 0.321. The average molecular weight is 521 g/mol. The number of amides is 1. The van der Waals surface area contributed by atoms with Crippen LogP contribution >= 0.6 is 22.9 Å². The second kappa shape index (κ2) is 10.8. The Labute approximate surface area is 220 Å². The molecule has 2 N–H and O–H groups in total. The van der Waals surface area contributed by atoms with Crippen molar-refractivity contribution in [3.05, 3.63) is 70.3 Å². The van der Waals surface area contributed by atoms with Crippen LogP contribution in [0.5, 0.6) is 5.75 Å². The highest BCUT2D eigenvalue weighted by atomic mass is 35.5. The Balaban J connectivity index is 1.54. The number of nitrogens with two attached hydrogens (primary N) is 1. The number of fused-ring (bicyclic) bond motifs is 1. The van der Waals surface area contributed by atoms with Gasteiger partial charge in [-0.3, -0.25) is 4.79 Å². The van der Waals surface area contributed by atoms with Crippen molar-refractivity contribution in [3.63, 3.8) is 0 Å². The quantitative estimate of drug-likeness (QED) is 0.284. The number of carbonyl (C=O) groups excluding carboxylic acids is 1. The lowest BCUT2D eigenvalue weighted by Crippen LogP contribution is -2.40. The maximum Gasteiger partial charge on any atom is 0.266 e. The lowest BCUT2D eigenvalue weighted by Gasteiger charge is -2.35. The van der Waals surface area contributed by atoms with Crippen molar-refractivity contribution < 1.29 is 9.53 Å². The molecule has 1 amide bonds. The molecular weight excluding hydrogens is 492 g/mol. The number of aromatic nitrogens is 2. The van der Waals surface area contributed by atoms with Crippen molar-refractivity contribution in [2.75, 3.05) is 12.3 Å². The SMILES string of the molecule is CCOc1ccc(-c2cnc(N)nc2)cc1CN(C(=O)c1sc2ccccc2c1Cl)C1CCCCC1. The van der Waals surface area contributed by atoms with Crippen molar-refractivity contribution in [2.24, 2.45) is 0 Å². The van der Waals surface area contributed by atoms with Crippen molar-refractivity contribution in [1.29, 1.82) is 0 Å². The third kappa shape index (κ3) is 5.04. The van der Waals surface area contributed by atoms with Crippen LogP contribution in [0.4, 0.5) is 5.95 Å². The van der Waals surface area contributed by atoms with Crippen LogP contribution in [0.2, 0.25) is 5.02 Å². The van der Waals surface area contributed by atoms with Gasteiger partial charge in [-0.1, -0.05) is 55.1 Å². The van der Waals surface area contributed by atoms with Gasteiger partial charge in [0.1, 0.15) is 10.6 Å². The van der Waals surface area contributed by atoms with Gasteiger partial charge >= 0.3 is 0 Å². The number of hydrogen-bond donors (Lipinski definition) is 1. The highest BCUT2D eigenvalue weighted by Gasteiger charge is 2.30. The molecule has 2 aromatic heterocycles. The molecule has 8 heteroatoms. The normalized spacial score (nSPS) is 14.2. The summed E-state index contributed by atoms with van der Waals surface area (Å²) in [4.78, 5) is 25.0. The zero-order valence-electron chi connectivity index (χ0n) is 20.2. The first-order chi connectivity index (χ1) is 17.5. The van der Waals surface area contributed by atoms with Crippen LogP contribution in [0.15, 0.2) is 54.9 Å². The summed E-state index contributed by atoms with van der Waals surface area (Å²) < 4.78 is 7.00. The predicted molar refractivity (Wildman–Crippen MR) is 147 cm³/mol. The molecule has 0 unspecified atom stereocenters. The number of anilines is 1. The standard InChI is InChI=1S/C28H29ClN4O2S/c1-2-35-23-13-12-18(20-15-31-28(30)32-16-20)14-19(23)17-33(21-8-4-3-5-9-21)27(34)26-25(29)22-10-6-7-11-24(22)36-26/h6-7,10-16,21H,2-5,8-9,17H2,1H3,(H2,30,31,32). The fourth-order valence-corrected chi connectivity index (χ4v) is 6.36. The van der Waals surface area contributed by atoms with Gasteiger partial charge in [-0.05, 0) is 43.5 Å². The molecule has 2 heterocycles. The van der Waals surface area contributed by atoms with Crippen LogP contribution in [0.1, 0.15) is 54.3 Å². The van der Waals surface area contributed by atoms with E-state index in [2.05, 4.69) is 16.0 Å². The number of nitrogens with zero attached hydrogens (tertiary/aromatic N) is 3. The van der Waals surface area contributed by atoms with Crippen LogP contribution in [0, 0.1) is 0 Å². The van der Waals surface area contributed by atoms with Gasteiger partial charge in [0, 0.05) is 46.2 Å². The Morgan fingerprint density at radius 1 is 1.11 bits per heavy atom. The van der Waals surface area contributed by atoms with E-state index in [0.717, 1.165) is 58.2 Å². The van der Waals surface area contributed by atoms with E-state index in [1.54, 1.807) is 12.4 Å². The number of rotatable bonds is 7. The van der Waals surface area contributed by atoms with E-state index < -0.39 is 0 Å². The van der Waals surface area contributed by atoms with E-state index >= 15 is 0 Å². The fourth-order valence-electron chi connectivity index (χ4n) is 4.89. The van der Waals surface area contributed by atoms with Gasteiger partial charge in [0.25, 0.3) is 5.91 Å². The summed E-state index contributed by atoms with van der Waals surface area (Å²) in [6.45, 7) is 2.94. The second-order valence-electron chi connectivity index (χ2n) is 9.05. The van der Waals surface area contributed by atoms with Gasteiger partial charge in [-0.2, -0.15) is 0 Å². The maximum absolute atomic E-state index is 14.1. The smallest absolute Gasteiger partial charge is 0.266 e. The molecule has 1 aliphatic carbocycles. The number of ether oxygens (including phenoxy) is 1. The number of thiophene rings is 1. The lowest BCUT2D eigenvalue weighted by molar-refractivity contribution is 0.0617. The zero-order valence-corrected chi connectivity index (χ0v) is 21.8. The molecule has 36 heavy (non-hydrogen) atoms. The van der Waals surface area contributed by atoms with Crippen molar-refractivity contribution in [2.45, 2.75) is 51.6 Å². The summed E-state index contributed by atoms with van der Waals surface area (Å²) in [7, 11) is 0. The minimum atomic E-state index is -0.0169. The molecule has 1 fully saturated rings. The molecule has 1 saturated carbocycles. The summed E-state index contributed by atoms with van der Waals surface area (Å²) in [6, 6.07) is 14.1. The summed E-state index contributed by atoms with van der Waals surface area (Å²) in [5.41, 5.74) is 8.43. The first-order valence-electron chi connectivity index (χ1n) is 12.4. The largest absolute Gasteiger partial charge is 0.494 e. The van der Waals surface area contributed by atoms with Gasteiger partial charge in [-0.15, -0.1) is 11.3 Å². The lowest BCUT2D eigenvalue weighted by atomic mass is 9.93. The molecule has 4 aromatic rings. The molecule has 0 bridgehead atoms. The van der Waals surface area contributed by atoms with Crippen molar-refractivity contribution >= 4 is 44.9 Å². The third-order valence-corrected chi connectivity index (χ3v) is 8.38. The first-order valence-corrected chi connectivity index (χ1v) is 13.6. The number of halogens is 1. The minimum Gasteiger partial charge on any atom is -0.494 e. The topological polar surface area (TPSA) is 81.3 Å². The van der Waals surface area contributed by atoms with E-state index in [1.165, 1.54) is 17.8 Å². The highest BCUT2D eigenvalue weighted by molar-refractivity contribution is 7.21. The van der Waals surface area contributed by atoms with Crippen molar-refractivity contribution in [1.82, 2.24) is 14.9 Å². The molecule has 0 saturated heterocycles. The van der Waals surface area contributed by atoms with Crippen molar-refractivity contribution in [3.8, 4) is 16.9 Å². The Bertz CT molecular complexity index is 1370. The summed E-state index contributed by atoms with van der Waals surface area (Å²) in [5, 5.41) is 1.47. The Morgan fingerprint density at radius 2 is 1.86 bits per heavy atom. The Kier molecular flexibility index (Phi) is 7.39. The van der Waals surface area contributed by atoms with Gasteiger partial charge in [0.05, 0.1) is 11.6 Å². The summed E-state index contributed by atoms with van der Waals surface area (Å²) in [5.74, 6) is 0.990. The van der Waals surface area contributed by atoms with Gasteiger partial charge in [-0.25, -0.2) is 9.97 Å². The van der Waals surface area contributed by atoms with E-state index in [4.69, 9.17) is 22.1 Å². The van der Waals surface area contributed by atoms with Crippen LogP contribution < -0.4 is 10.5 Å². The Morgan fingerprint density at radius 3 is 2.58 bits per heavy atom. The van der Waals surface area contributed by atoms with Crippen LogP contribution in [-0.2, 0) is 6.54 Å². The summed E-state index contributed by atoms with van der Waals surface area (Å²) >= 11 is 8.22. The molecule has 5 rings (SSSR count). The van der Waals surface area contributed by atoms with Crippen LogP contribution in [0.25, 0.3) is 21.2 Å². The molecule has 0 atom stereocenters. The summed E-state index contributed by atoms with van der Waals surface area (Å²) in [6.07, 6.45) is 8.85.